The Bertz CT molecular complexity index is 537. The summed E-state index contributed by atoms with van der Waals surface area (Å²) < 4.78 is 39.1. The zero-order valence-electron chi connectivity index (χ0n) is 13.5. The van der Waals surface area contributed by atoms with E-state index >= 15 is 0 Å². The van der Waals surface area contributed by atoms with Crippen LogP contribution in [0, 0.1) is 0 Å². The third-order valence-corrected chi connectivity index (χ3v) is 4.08. The molecule has 0 radical (unpaired) electrons. The van der Waals surface area contributed by atoms with Crippen molar-refractivity contribution in [3.05, 3.63) is 29.3 Å². The van der Waals surface area contributed by atoms with Crippen LogP contribution in [0.2, 0.25) is 0 Å². The Labute approximate surface area is 133 Å². The van der Waals surface area contributed by atoms with Crippen molar-refractivity contribution >= 4 is 5.69 Å². The highest BCUT2D eigenvalue weighted by atomic mass is 19.4. The highest BCUT2D eigenvalue weighted by Crippen LogP contribution is 2.33. The van der Waals surface area contributed by atoms with E-state index in [1.54, 1.807) is 0 Å². The summed E-state index contributed by atoms with van der Waals surface area (Å²) in [6, 6.07) is 3.89. The van der Waals surface area contributed by atoms with Gasteiger partial charge in [-0.1, -0.05) is 0 Å². The van der Waals surface area contributed by atoms with Crippen LogP contribution in [0.5, 0.6) is 0 Å². The molecule has 1 saturated heterocycles. The van der Waals surface area contributed by atoms with Gasteiger partial charge in [0.15, 0.2) is 0 Å². The maximum Gasteiger partial charge on any atom is 0.416 e. The summed E-state index contributed by atoms with van der Waals surface area (Å²) in [6.45, 7) is 2.05. The van der Waals surface area contributed by atoms with Crippen LogP contribution < -0.4 is 5.23 Å². The summed E-state index contributed by atoms with van der Waals surface area (Å²) in [7, 11) is 5.18. The summed E-state index contributed by atoms with van der Waals surface area (Å²) in [5.41, 5.74) is -0.351. The molecule has 0 spiro atoms. The van der Waals surface area contributed by atoms with E-state index in [0.717, 1.165) is 31.6 Å². The minimum Gasteiger partial charge on any atom is -0.305 e. The van der Waals surface area contributed by atoms with Gasteiger partial charge in [0.25, 0.3) is 0 Å². The molecule has 130 valence electrons. The Balaban J connectivity index is 2.21. The predicted molar refractivity (Wildman–Crippen MR) is 80.1 cm³/mol. The van der Waals surface area contributed by atoms with Crippen LogP contribution in [-0.2, 0) is 17.6 Å². The average Bonchev–Trinajstić information content (AvgIpc) is 2.94. The zero-order chi connectivity index (χ0) is 17.2. The van der Waals surface area contributed by atoms with Gasteiger partial charge in [0, 0.05) is 25.7 Å². The van der Waals surface area contributed by atoms with Crippen LogP contribution in [0.25, 0.3) is 0 Å². The maximum atomic E-state index is 13.0. The van der Waals surface area contributed by atoms with Gasteiger partial charge in [0.2, 0.25) is 0 Å². The van der Waals surface area contributed by atoms with Crippen molar-refractivity contribution in [1.82, 2.24) is 9.80 Å². The van der Waals surface area contributed by atoms with E-state index in [4.69, 9.17) is 0 Å². The third-order valence-electron chi connectivity index (χ3n) is 4.08. The topological polar surface area (TPSA) is 39.2 Å². The molecule has 0 amide bonds. The van der Waals surface area contributed by atoms with Crippen LogP contribution in [-0.4, -0.2) is 55.3 Å². The van der Waals surface area contributed by atoms with Gasteiger partial charge in [-0.05, 0) is 44.3 Å². The van der Waals surface area contributed by atoms with E-state index in [-0.39, 0.29) is 5.69 Å². The van der Waals surface area contributed by atoms with Gasteiger partial charge in [-0.2, -0.15) is 13.2 Å². The third kappa shape index (κ3) is 4.57. The standard InChI is InChI=1S/C15H22F3N3O2/c1-19(2)13-4-5-20(10-13)9-11-6-12(15(16,17)18)8-14(7-11)21(22)23-3/h6-8,13,22H,4-5,9-10H2,1-3H3/t13-/m1/s1. The van der Waals surface area contributed by atoms with E-state index in [1.807, 2.05) is 14.1 Å². The molecule has 1 N–H and O–H groups in total. The Kier molecular flexibility index (Phi) is 5.51. The summed E-state index contributed by atoms with van der Waals surface area (Å²) in [4.78, 5) is 8.81. The lowest BCUT2D eigenvalue weighted by Gasteiger charge is -2.22. The molecular formula is C15H22F3N3O2. The molecule has 1 heterocycles. The number of nitrogens with zero attached hydrogens (tertiary/aromatic N) is 3. The van der Waals surface area contributed by atoms with Gasteiger partial charge in [-0.3, -0.25) is 14.9 Å². The fourth-order valence-electron chi connectivity index (χ4n) is 2.78. The van der Waals surface area contributed by atoms with Crippen LogP contribution in [0.15, 0.2) is 18.2 Å². The van der Waals surface area contributed by atoms with Crippen LogP contribution in [0.4, 0.5) is 18.9 Å². The van der Waals surface area contributed by atoms with Crippen LogP contribution in [0.3, 0.4) is 0 Å². The molecular weight excluding hydrogens is 311 g/mol. The van der Waals surface area contributed by atoms with Crippen molar-refractivity contribution < 1.29 is 23.2 Å². The minimum atomic E-state index is -4.48. The second-order valence-corrected chi connectivity index (χ2v) is 5.98. The first-order valence-electron chi connectivity index (χ1n) is 7.33. The molecule has 1 aliphatic rings. The number of rotatable bonds is 5. The molecule has 0 unspecified atom stereocenters. The van der Waals surface area contributed by atoms with Gasteiger partial charge in [-0.15, -0.1) is 5.23 Å². The van der Waals surface area contributed by atoms with Gasteiger partial charge in [0.05, 0.1) is 18.4 Å². The number of halogens is 3. The predicted octanol–water partition coefficient (Wildman–Crippen LogP) is 2.60. The lowest BCUT2D eigenvalue weighted by Crippen LogP contribution is -2.31. The van der Waals surface area contributed by atoms with E-state index < -0.39 is 11.7 Å². The number of hydrogen-bond acceptors (Lipinski definition) is 5. The van der Waals surface area contributed by atoms with Crippen molar-refractivity contribution in [2.24, 2.45) is 0 Å². The Morgan fingerprint density at radius 2 is 2.00 bits per heavy atom. The van der Waals surface area contributed by atoms with Crippen molar-refractivity contribution in [3.8, 4) is 0 Å². The van der Waals surface area contributed by atoms with Crippen molar-refractivity contribution in [2.45, 2.75) is 25.2 Å². The van der Waals surface area contributed by atoms with Crippen molar-refractivity contribution in [2.75, 3.05) is 39.5 Å². The molecule has 0 aliphatic carbocycles. The van der Waals surface area contributed by atoms with Gasteiger partial charge in [-0.25, -0.2) is 0 Å². The molecule has 0 bridgehead atoms. The van der Waals surface area contributed by atoms with Crippen LogP contribution in [0.1, 0.15) is 17.5 Å². The molecule has 1 atom stereocenters. The van der Waals surface area contributed by atoms with Crippen LogP contribution >= 0.6 is 0 Å². The number of alkyl halides is 3. The van der Waals surface area contributed by atoms with Gasteiger partial charge in [0.1, 0.15) is 0 Å². The molecule has 5 nitrogen and oxygen atoms in total. The number of anilines is 1. The molecule has 1 aromatic carbocycles. The largest absolute Gasteiger partial charge is 0.416 e. The lowest BCUT2D eigenvalue weighted by molar-refractivity contribution is -0.137. The number of likely N-dealkylation sites (tertiary alicyclic amines) is 1. The maximum absolute atomic E-state index is 13.0. The first kappa shape index (κ1) is 18.0. The summed E-state index contributed by atoms with van der Waals surface area (Å²) in [5, 5.41) is 9.88. The first-order valence-corrected chi connectivity index (χ1v) is 7.33. The second kappa shape index (κ2) is 7.04. The number of likely N-dealkylation sites (N-methyl/N-ethyl adjacent to an activating group) is 1. The molecule has 8 heteroatoms. The highest BCUT2D eigenvalue weighted by Gasteiger charge is 2.32. The fraction of sp³-hybridized carbons (Fsp3) is 0.600. The van der Waals surface area contributed by atoms with Crippen molar-refractivity contribution in [1.29, 1.82) is 0 Å². The Hall–Kier alpha value is -1.35. The molecule has 23 heavy (non-hydrogen) atoms. The van der Waals surface area contributed by atoms with E-state index in [0.29, 0.717) is 23.4 Å². The van der Waals surface area contributed by atoms with E-state index in [1.165, 1.54) is 13.2 Å². The smallest absolute Gasteiger partial charge is 0.305 e. The monoisotopic (exact) mass is 333 g/mol. The fourth-order valence-corrected chi connectivity index (χ4v) is 2.78. The second-order valence-electron chi connectivity index (χ2n) is 5.98. The quantitative estimate of drug-likeness (QED) is 0.839. The van der Waals surface area contributed by atoms with E-state index in [9.17, 15) is 18.4 Å². The summed E-state index contributed by atoms with van der Waals surface area (Å²) >= 11 is 0. The number of benzene rings is 1. The molecule has 0 aromatic heterocycles. The molecule has 0 saturated carbocycles. The Morgan fingerprint density at radius 1 is 1.30 bits per heavy atom. The SMILES string of the molecule is CON(O)c1cc(CN2CC[C@@H](N(C)C)C2)cc(C(F)(F)F)c1. The van der Waals surface area contributed by atoms with Gasteiger partial charge >= 0.3 is 6.18 Å². The Morgan fingerprint density at radius 3 is 2.52 bits per heavy atom. The first-order chi connectivity index (χ1) is 10.7. The minimum absolute atomic E-state index is 0.0410. The number of hydrogen-bond donors (Lipinski definition) is 1. The zero-order valence-corrected chi connectivity index (χ0v) is 13.5. The normalized spacial score (nSPS) is 19.6. The molecule has 2 rings (SSSR count). The summed E-state index contributed by atoms with van der Waals surface area (Å²) in [6.07, 6.45) is -3.49. The lowest BCUT2D eigenvalue weighted by atomic mass is 10.1. The van der Waals surface area contributed by atoms with Crippen molar-refractivity contribution in [3.63, 3.8) is 0 Å². The molecule has 1 aliphatic heterocycles. The average molecular weight is 333 g/mol. The van der Waals surface area contributed by atoms with E-state index in [2.05, 4.69) is 14.6 Å². The molecule has 1 aromatic rings. The molecule has 1 fully saturated rings. The highest BCUT2D eigenvalue weighted by molar-refractivity contribution is 5.48. The van der Waals surface area contributed by atoms with Gasteiger partial charge < -0.3 is 4.90 Å². The summed E-state index contributed by atoms with van der Waals surface area (Å²) in [5.74, 6) is 0.